The van der Waals surface area contributed by atoms with E-state index in [4.69, 9.17) is 0 Å². The lowest BCUT2D eigenvalue weighted by Gasteiger charge is -2.26. The first-order valence-corrected chi connectivity index (χ1v) is 6.19. The molecule has 1 fully saturated rings. The molecule has 0 bridgehead atoms. The summed E-state index contributed by atoms with van der Waals surface area (Å²) in [6, 6.07) is 1.08. The Kier molecular flexibility index (Phi) is 3.80. The van der Waals surface area contributed by atoms with E-state index in [2.05, 4.69) is 10.6 Å². The molecule has 1 aromatic rings. The molecule has 2 N–H and O–H groups in total. The van der Waals surface area contributed by atoms with Crippen LogP contribution in [0.15, 0.2) is 12.1 Å². The zero-order valence-corrected chi connectivity index (χ0v) is 10.5. The van der Waals surface area contributed by atoms with Gasteiger partial charge >= 0.3 is 0 Å². The molecule has 1 unspecified atom stereocenters. The van der Waals surface area contributed by atoms with Crippen LogP contribution in [0.4, 0.5) is 18.9 Å². The minimum absolute atomic E-state index is 0.489. The minimum Gasteiger partial charge on any atom is -0.320 e. The lowest BCUT2D eigenvalue weighted by Crippen LogP contribution is -2.50. The number of hydrogen-bond acceptors (Lipinski definition) is 2. The lowest BCUT2D eigenvalue weighted by atomic mass is 9.93. The molecule has 1 amide bonds. The smallest absolute Gasteiger partial charge is 0.244 e. The van der Waals surface area contributed by atoms with Gasteiger partial charge in [0.25, 0.3) is 0 Å². The number of rotatable bonds is 3. The number of carbonyl (C=O) groups is 1. The zero-order chi connectivity index (χ0) is 14.0. The van der Waals surface area contributed by atoms with Crippen LogP contribution in [0.25, 0.3) is 0 Å². The Balaban J connectivity index is 2.24. The van der Waals surface area contributed by atoms with Gasteiger partial charge in [-0.2, -0.15) is 0 Å². The van der Waals surface area contributed by atoms with E-state index in [9.17, 15) is 18.0 Å². The molecule has 0 aliphatic carbocycles. The molecular weight excluding hydrogens is 257 g/mol. The molecule has 3 nitrogen and oxygen atoms in total. The van der Waals surface area contributed by atoms with Crippen LogP contribution in [0.5, 0.6) is 0 Å². The van der Waals surface area contributed by atoms with Gasteiger partial charge in [-0.3, -0.25) is 4.79 Å². The minimum atomic E-state index is -1.12. The molecule has 1 aliphatic heterocycles. The van der Waals surface area contributed by atoms with Crippen LogP contribution >= 0.6 is 0 Å². The Labute approximate surface area is 109 Å². The molecule has 1 saturated heterocycles. The summed E-state index contributed by atoms with van der Waals surface area (Å²) < 4.78 is 39.7. The van der Waals surface area contributed by atoms with Crippen molar-refractivity contribution < 1.29 is 18.0 Å². The van der Waals surface area contributed by atoms with Crippen molar-refractivity contribution in [2.45, 2.75) is 31.7 Å². The topological polar surface area (TPSA) is 41.1 Å². The number of carbonyl (C=O) groups excluding carboxylic acids is 1. The number of benzene rings is 1. The third-order valence-corrected chi connectivity index (χ3v) is 3.53. The van der Waals surface area contributed by atoms with Gasteiger partial charge in [0.05, 0.1) is 5.54 Å². The van der Waals surface area contributed by atoms with Crippen LogP contribution in [0.1, 0.15) is 26.2 Å². The Bertz CT molecular complexity index is 476. The summed E-state index contributed by atoms with van der Waals surface area (Å²) in [6.07, 6.45) is 1.96. The van der Waals surface area contributed by atoms with Gasteiger partial charge < -0.3 is 10.6 Å². The highest BCUT2D eigenvalue weighted by Gasteiger charge is 2.39. The van der Waals surface area contributed by atoms with E-state index >= 15 is 0 Å². The van der Waals surface area contributed by atoms with Crippen molar-refractivity contribution in [3.8, 4) is 0 Å². The molecule has 0 saturated carbocycles. The number of anilines is 1. The highest BCUT2D eigenvalue weighted by Crippen LogP contribution is 2.27. The van der Waals surface area contributed by atoms with Crippen molar-refractivity contribution in [3.05, 3.63) is 29.6 Å². The maximum atomic E-state index is 13.5. The molecule has 104 valence electrons. The lowest BCUT2D eigenvalue weighted by molar-refractivity contribution is -0.122. The van der Waals surface area contributed by atoms with Crippen molar-refractivity contribution >= 4 is 11.6 Å². The van der Waals surface area contributed by atoms with Gasteiger partial charge in [0.2, 0.25) is 5.91 Å². The third kappa shape index (κ3) is 2.58. The highest BCUT2D eigenvalue weighted by molar-refractivity contribution is 5.98. The van der Waals surface area contributed by atoms with E-state index in [1.807, 2.05) is 6.92 Å². The molecule has 0 spiro atoms. The molecule has 0 aromatic heterocycles. The van der Waals surface area contributed by atoms with Crippen LogP contribution in [0.2, 0.25) is 0 Å². The van der Waals surface area contributed by atoms with Gasteiger partial charge in [-0.1, -0.05) is 6.92 Å². The first-order valence-electron chi connectivity index (χ1n) is 6.19. The van der Waals surface area contributed by atoms with E-state index in [1.54, 1.807) is 0 Å². The van der Waals surface area contributed by atoms with Gasteiger partial charge in [0.1, 0.15) is 11.5 Å². The summed E-state index contributed by atoms with van der Waals surface area (Å²) in [5.74, 6) is -3.74. The summed E-state index contributed by atoms with van der Waals surface area (Å²) in [6.45, 7) is 2.52. The van der Waals surface area contributed by atoms with E-state index < -0.39 is 34.6 Å². The molecular formula is C13H15F3N2O. The zero-order valence-electron chi connectivity index (χ0n) is 10.5. The number of amides is 1. The Morgan fingerprint density at radius 2 is 2.00 bits per heavy atom. The first-order chi connectivity index (χ1) is 8.98. The van der Waals surface area contributed by atoms with E-state index in [0.717, 1.165) is 6.42 Å². The largest absolute Gasteiger partial charge is 0.320 e. The summed E-state index contributed by atoms with van der Waals surface area (Å²) in [7, 11) is 0. The van der Waals surface area contributed by atoms with Gasteiger partial charge in [-0.25, -0.2) is 13.2 Å². The second-order valence-electron chi connectivity index (χ2n) is 4.66. The molecule has 1 atom stereocenters. The van der Waals surface area contributed by atoms with Crippen molar-refractivity contribution in [2.75, 3.05) is 11.9 Å². The Morgan fingerprint density at radius 1 is 1.37 bits per heavy atom. The van der Waals surface area contributed by atoms with Gasteiger partial charge in [0.15, 0.2) is 11.6 Å². The summed E-state index contributed by atoms with van der Waals surface area (Å²) in [5, 5.41) is 5.28. The summed E-state index contributed by atoms with van der Waals surface area (Å²) in [5.41, 5.74) is -1.40. The monoisotopic (exact) mass is 272 g/mol. The van der Waals surface area contributed by atoms with E-state index in [1.165, 1.54) is 0 Å². The molecule has 19 heavy (non-hydrogen) atoms. The predicted octanol–water partition coefficient (Wildman–Crippen LogP) is 2.57. The van der Waals surface area contributed by atoms with Crippen LogP contribution in [0.3, 0.4) is 0 Å². The van der Waals surface area contributed by atoms with Crippen molar-refractivity contribution in [3.63, 3.8) is 0 Å². The summed E-state index contributed by atoms with van der Waals surface area (Å²) in [4.78, 5) is 12.2. The fraction of sp³-hybridized carbons (Fsp3) is 0.462. The molecule has 6 heteroatoms. The highest BCUT2D eigenvalue weighted by atomic mass is 19.1. The standard InChI is InChI=1S/C13H15F3N2O/c1-2-13(4-3-5-17-13)12(19)18-11-9(15)6-8(14)7-10(11)16/h6-7,17H,2-5H2,1H3,(H,18,19). The van der Waals surface area contributed by atoms with E-state index in [0.29, 0.717) is 31.5 Å². The second-order valence-corrected chi connectivity index (χ2v) is 4.66. The molecule has 1 aliphatic rings. The molecule has 2 rings (SSSR count). The second kappa shape index (κ2) is 5.21. The quantitative estimate of drug-likeness (QED) is 0.888. The predicted molar refractivity (Wildman–Crippen MR) is 65.2 cm³/mol. The number of hydrogen-bond donors (Lipinski definition) is 2. The first kappa shape index (κ1) is 13.9. The van der Waals surface area contributed by atoms with Crippen molar-refractivity contribution in [2.24, 2.45) is 0 Å². The SMILES string of the molecule is CCC1(C(=O)Nc2c(F)cc(F)cc2F)CCCN1. The normalized spacial score (nSPS) is 22.5. The Hall–Kier alpha value is -1.56. The van der Waals surface area contributed by atoms with Crippen LogP contribution in [-0.4, -0.2) is 18.0 Å². The number of nitrogens with one attached hydrogen (secondary N) is 2. The number of halogens is 3. The van der Waals surface area contributed by atoms with E-state index in [-0.39, 0.29) is 0 Å². The van der Waals surface area contributed by atoms with Crippen LogP contribution < -0.4 is 10.6 Å². The van der Waals surface area contributed by atoms with Gasteiger partial charge in [-0.15, -0.1) is 0 Å². The van der Waals surface area contributed by atoms with Crippen LogP contribution in [0, 0.1) is 17.5 Å². The van der Waals surface area contributed by atoms with Gasteiger partial charge in [-0.05, 0) is 25.8 Å². The molecule has 1 heterocycles. The molecule has 1 aromatic carbocycles. The third-order valence-electron chi connectivity index (χ3n) is 3.53. The Morgan fingerprint density at radius 3 is 2.47 bits per heavy atom. The fourth-order valence-corrected chi connectivity index (χ4v) is 2.36. The van der Waals surface area contributed by atoms with Crippen molar-refractivity contribution in [1.29, 1.82) is 0 Å². The molecule has 0 radical (unpaired) electrons. The maximum absolute atomic E-state index is 13.5. The van der Waals surface area contributed by atoms with Gasteiger partial charge in [0, 0.05) is 12.1 Å². The fourth-order valence-electron chi connectivity index (χ4n) is 2.36. The maximum Gasteiger partial charge on any atom is 0.244 e. The summed E-state index contributed by atoms with van der Waals surface area (Å²) >= 11 is 0. The van der Waals surface area contributed by atoms with Crippen molar-refractivity contribution in [1.82, 2.24) is 5.32 Å². The average Bonchev–Trinajstić information content (AvgIpc) is 2.83. The van der Waals surface area contributed by atoms with Crippen LogP contribution in [-0.2, 0) is 4.79 Å². The average molecular weight is 272 g/mol.